The van der Waals surface area contributed by atoms with Crippen LogP contribution in [0.3, 0.4) is 0 Å². The fourth-order valence-corrected chi connectivity index (χ4v) is 2.11. The molecule has 0 bridgehead atoms. The molecule has 0 N–H and O–H groups in total. The minimum atomic E-state index is -0.210. The van der Waals surface area contributed by atoms with Crippen molar-refractivity contribution in [2.75, 3.05) is 24.6 Å². The lowest BCUT2D eigenvalue weighted by atomic mass is 10.2. The highest BCUT2D eigenvalue weighted by Gasteiger charge is 2.27. The molecule has 1 atom stereocenters. The summed E-state index contributed by atoms with van der Waals surface area (Å²) in [5.74, 6) is 1.78. The Morgan fingerprint density at radius 2 is 2.16 bits per heavy atom. The van der Waals surface area contributed by atoms with Crippen molar-refractivity contribution >= 4 is 21.9 Å². The molecule has 1 aliphatic rings. The molecule has 0 spiro atoms. The minimum Gasteiger partial charge on any atom is -0.366 e. The topological polar surface area (TPSA) is 77.2 Å². The summed E-state index contributed by atoms with van der Waals surface area (Å²) in [4.78, 5) is 14.8. The van der Waals surface area contributed by atoms with Crippen LogP contribution in [0.15, 0.2) is 21.4 Å². The van der Waals surface area contributed by atoms with Crippen LogP contribution >= 0.6 is 15.9 Å². The minimum absolute atomic E-state index is 0.210. The lowest BCUT2D eigenvalue weighted by molar-refractivity contribution is 0.0321. The zero-order chi connectivity index (χ0) is 13.2. The van der Waals surface area contributed by atoms with Crippen LogP contribution in [0.5, 0.6) is 0 Å². The van der Waals surface area contributed by atoms with Gasteiger partial charge in [-0.05, 0) is 15.9 Å². The van der Waals surface area contributed by atoms with E-state index < -0.39 is 0 Å². The van der Waals surface area contributed by atoms with Crippen molar-refractivity contribution in [3.8, 4) is 0 Å². The number of aromatic nitrogens is 4. The average molecular weight is 326 g/mol. The Hall–Kier alpha value is -1.54. The van der Waals surface area contributed by atoms with Crippen LogP contribution in [0, 0.1) is 6.92 Å². The smallest absolute Gasteiger partial charge is 0.225 e. The second-order valence-electron chi connectivity index (χ2n) is 4.18. The third-order valence-corrected chi connectivity index (χ3v) is 3.20. The molecule has 0 aromatic carbocycles. The van der Waals surface area contributed by atoms with Crippen LogP contribution in [0.2, 0.25) is 0 Å². The molecular formula is C11H12BrN5O2. The number of aryl methyl sites for hydroxylation is 1. The summed E-state index contributed by atoms with van der Waals surface area (Å²) in [5, 5.41) is 3.90. The summed E-state index contributed by atoms with van der Waals surface area (Å²) in [5.41, 5.74) is 0. The van der Waals surface area contributed by atoms with Crippen LogP contribution in [0.1, 0.15) is 17.8 Å². The van der Waals surface area contributed by atoms with E-state index in [4.69, 9.17) is 9.26 Å². The molecule has 2 aromatic heterocycles. The monoisotopic (exact) mass is 325 g/mol. The Morgan fingerprint density at radius 1 is 1.37 bits per heavy atom. The van der Waals surface area contributed by atoms with Crippen LogP contribution in [0.4, 0.5) is 5.95 Å². The van der Waals surface area contributed by atoms with Gasteiger partial charge in [-0.1, -0.05) is 5.16 Å². The van der Waals surface area contributed by atoms with Gasteiger partial charge in [0, 0.05) is 25.9 Å². The van der Waals surface area contributed by atoms with E-state index in [1.54, 1.807) is 19.3 Å². The molecule has 3 rings (SSSR count). The van der Waals surface area contributed by atoms with Gasteiger partial charge in [-0.25, -0.2) is 9.97 Å². The summed E-state index contributed by atoms with van der Waals surface area (Å²) in [6.07, 6.45) is 3.25. The van der Waals surface area contributed by atoms with Gasteiger partial charge in [0.25, 0.3) is 0 Å². The zero-order valence-corrected chi connectivity index (χ0v) is 11.9. The van der Waals surface area contributed by atoms with Crippen molar-refractivity contribution in [3.63, 3.8) is 0 Å². The Bertz CT molecular complexity index is 558. The average Bonchev–Trinajstić information content (AvgIpc) is 2.86. The standard InChI is InChI=1S/C11H12BrN5O2/c1-7-15-10(16-19-7)9-6-17(2-3-18-9)11-13-4-8(12)5-14-11/h4-5,9H,2-3,6H2,1H3. The number of morpholine rings is 1. The van der Waals surface area contributed by atoms with Crippen molar-refractivity contribution in [2.45, 2.75) is 13.0 Å². The van der Waals surface area contributed by atoms with Crippen molar-refractivity contribution in [1.82, 2.24) is 20.1 Å². The third kappa shape index (κ3) is 2.74. The molecule has 7 nitrogen and oxygen atoms in total. The molecule has 1 fully saturated rings. The highest BCUT2D eigenvalue weighted by molar-refractivity contribution is 9.10. The second-order valence-corrected chi connectivity index (χ2v) is 5.09. The Balaban J connectivity index is 1.76. The van der Waals surface area contributed by atoms with Gasteiger partial charge in [-0.2, -0.15) is 4.98 Å². The summed E-state index contributed by atoms with van der Waals surface area (Å²) in [6.45, 7) is 3.70. The van der Waals surface area contributed by atoms with E-state index in [2.05, 4.69) is 36.0 Å². The molecule has 0 aliphatic carbocycles. The highest BCUT2D eigenvalue weighted by atomic mass is 79.9. The predicted molar refractivity (Wildman–Crippen MR) is 69.7 cm³/mol. The van der Waals surface area contributed by atoms with Gasteiger partial charge in [-0.15, -0.1) is 0 Å². The summed E-state index contributed by atoms with van der Waals surface area (Å²) < 4.78 is 11.5. The first kappa shape index (κ1) is 12.5. The first-order chi connectivity index (χ1) is 9.22. The maximum absolute atomic E-state index is 5.66. The van der Waals surface area contributed by atoms with E-state index in [-0.39, 0.29) is 6.10 Å². The maximum atomic E-state index is 5.66. The van der Waals surface area contributed by atoms with E-state index >= 15 is 0 Å². The Kier molecular flexibility index (Phi) is 3.43. The summed E-state index contributed by atoms with van der Waals surface area (Å²) in [6, 6.07) is 0. The first-order valence-corrected chi connectivity index (χ1v) is 6.66. The van der Waals surface area contributed by atoms with Crippen LogP contribution in [-0.4, -0.2) is 39.8 Å². The Labute approximate surface area is 118 Å². The van der Waals surface area contributed by atoms with Crippen molar-refractivity contribution in [3.05, 3.63) is 28.6 Å². The van der Waals surface area contributed by atoms with E-state index in [0.717, 1.165) is 11.0 Å². The molecule has 0 amide bonds. The molecule has 8 heteroatoms. The van der Waals surface area contributed by atoms with Gasteiger partial charge in [0.15, 0.2) is 0 Å². The molecule has 2 aromatic rings. The van der Waals surface area contributed by atoms with Crippen molar-refractivity contribution in [1.29, 1.82) is 0 Å². The molecule has 1 aliphatic heterocycles. The third-order valence-electron chi connectivity index (χ3n) is 2.79. The SMILES string of the molecule is Cc1nc(C2CN(c3ncc(Br)cn3)CCO2)no1. The molecule has 0 saturated carbocycles. The molecule has 1 saturated heterocycles. The highest BCUT2D eigenvalue weighted by Crippen LogP contribution is 2.22. The van der Waals surface area contributed by atoms with E-state index in [1.807, 2.05) is 4.90 Å². The van der Waals surface area contributed by atoms with Crippen LogP contribution < -0.4 is 4.90 Å². The lowest BCUT2D eigenvalue weighted by Gasteiger charge is -2.31. The Morgan fingerprint density at radius 3 is 2.84 bits per heavy atom. The van der Waals surface area contributed by atoms with Crippen molar-refractivity contribution < 1.29 is 9.26 Å². The molecule has 0 radical (unpaired) electrons. The predicted octanol–water partition coefficient (Wildman–Crippen LogP) is 1.51. The zero-order valence-electron chi connectivity index (χ0n) is 10.3. The number of anilines is 1. The van der Waals surface area contributed by atoms with Gasteiger partial charge in [0.05, 0.1) is 17.6 Å². The molecule has 100 valence electrons. The first-order valence-electron chi connectivity index (χ1n) is 5.86. The summed E-state index contributed by atoms with van der Waals surface area (Å²) >= 11 is 3.32. The normalized spacial score (nSPS) is 19.7. The van der Waals surface area contributed by atoms with Gasteiger partial charge in [0.2, 0.25) is 17.7 Å². The van der Waals surface area contributed by atoms with E-state index in [1.165, 1.54) is 0 Å². The summed E-state index contributed by atoms with van der Waals surface area (Å²) in [7, 11) is 0. The number of halogens is 1. The van der Waals surface area contributed by atoms with Crippen LogP contribution in [-0.2, 0) is 4.74 Å². The number of ether oxygens (including phenoxy) is 1. The van der Waals surface area contributed by atoms with Gasteiger partial charge in [-0.3, -0.25) is 0 Å². The largest absolute Gasteiger partial charge is 0.366 e. The molecule has 19 heavy (non-hydrogen) atoms. The second kappa shape index (κ2) is 5.22. The molecule has 1 unspecified atom stereocenters. The van der Waals surface area contributed by atoms with E-state index in [9.17, 15) is 0 Å². The van der Waals surface area contributed by atoms with Crippen molar-refractivity contribution in [2.24, 2.45) is 0 Å². The lowest BCUT2D eigenvalue weighted by Crippen LogP contribution is -2.39. The number of nitrogens with zero attached hydrogens (tertiary/aromatic N) is 5. The number of hydrogen-bond acceptors (Lipinski definition) is 7. The molecular weight excluding hydrogens is 314 g/mol. The quantitative estimate of drug-likeness (QED) is 0.828. The fraction of sp³-hybridized carbons (Fsp3) is 0.455. The van der Waals surface area contributed by atoms with Gasteiger partial charge >= 0.3 is 0 Å². The fourth-order valence-electron chi connectivity index (χ4n) is 1.90. The number of rotatable bonds is 2. The van der Waals surface area contributed by atoms with E-state index in [0.29, 0.717) is 30.8 Å². The van der Waals surface area contributed by atoms with Gasteiger partial charge in [0.1, 0.15) is 6.10 Å². The maximum Gasteiger partial charge on any atom is 0.225 e. The molecule has 3 heterocycles. The van der Waals surface area contributed by atoms with Crippen LogP contribution in [0.25, 0.3) is 0 Å². The van der Waals surface area contributed by atoms with Gasteiger partial charge < -0.3 is 14.2 Å². The number of hydrogen-bond donors (Lipinski definition) is 0.